The highest BCUT2D eigenvalue weighted by molar-refractivity contribution is 5.86. The maximum Gasteiger partial charge on any atom is 0.224 e. The van der Waals surface area contributed by atoms with Crippen molar-refractivity contribution in [3.8, 4) is 0 Å². The van der Waals surface area contributed by atoms with Gasteiger partial charge in [0.15, 0.2) is 0 Å². The molecule has 0 aliphatic heterocycles. The fourth-order valence-electron chi connectivity index (χ4n) is 3.13. The molecule has 2 amide bonds. The molecule has 2 aromatic rings. The molecule has 1 heterocycles. The minimum absolute atomic E-state index is 0.00652. The molecule has 0 fully saturated rings. The number of carbonyl (C=O) groups excluding carboxylic acids is 2. The molecule has 0 bridgehead atoms. The van der Waals surface area contributed by atoms with E-state index in [0.717, 1.165) is 16.5 Å². The number of allylic oxidation sites excluding steroid dienone is 1. The summed E-state index contributed by atoms with van der Waals surface area (Å²) in [4.78, 5) is 27.9. The quantitative estimate of drug-likeness (QED) is 0.374. The summed E-state index contributed by atoms with van der Waals surface area (Å²) in [7, 11) is 0. The van der Waals surface area contributed by atoms with Crippen LogP contribution in [0.1, 0.15) is 25.3 Å². The van der Waals surface area contributed by atoms with Gasteiger partial charge in [-0.1, -0.05) is 24.3 Å². The van der Waals surface area contributed by atoms with Crippen LogP contribution in [0.5, 0.6) is 0 Å². The molecule has 1 aromatic heterocycles. The van der Waals surface area contributed by atoms with Gasteiger partial charge in [-0.05, 0) is 31.4 Å². The molecule has 0 aliphatic carbocycles. The van der Waals surface area contributed by atoms with Gasteiger partial charge in [-0.3, -0.25) is 9.59 Å². The number of aliphatic hydroxyl groups is 2. The van der Waals surface area contributed by atoms with E-state index >= 15 is 0 Å². The number of nitrogens with one attached hydrogen (secondary N) is 3. The molecule has 7 heteroatoms. The second kappa shape index (κ2) is 10.6. The van der Waals surface area contributed by atoms with Crippen molar-refractivity contribution in [2.24, 2.45) is 5.92 Å². The predicted molar refractivity (Wildman–Crippen MR) is 109 cm³/mol. The molecule has 1 aromatic carbocycles. The summed E-state index contributed by atoms with van der Waals surface area (Å²) in [5.74, 6) is -1.19. The Balaban J connectivity index is 2.01. The molecule has 0 radical (unpaired) electrons. The average Bonchev–Trinajstić information content (AvgIpc) is 3.09. The zero-order valence-electron chi connectivity index (χ0n) is 16.1. The Kier molecular flexibility index (Phi) is 8.22. The minimum Gasteiger partial charge on any atom is -0.394 e. The Morgan fingerprint density at radius 2 is 1.96 bits per heavy atom. The predicted octanol–water partition coefficient (Wildman–Crippen LogP) is 1.27. The zero-order chi connectivity index (χ0) is 20.5. The van der Waals surface area contributed by atoms with E-state index in [2.05, 4.69) is 22.2 Å². The summed E-state index contributed by atoms with van der Waals surface area (Å²) in [6.45, 7) is 4.97. The number of carbonyl (C=O) groups is 2. The lowest BCUT2D eigenvalue weighted by Gasteiger charge is -2.21. The molecule has 5 N–H and O–H groups in total. The van der Waals surface area contributed by atoms with Gasteiger partial charge >= 0.3 is 0 Å². The molecule has 7 nitrogen and oxygen atoms in total. The van der Waals surface area contributed by atoms with Crippen LogP contribution < -0.4 is 10.6 Å². The number of H-pyrrole nitrogens is 1. The summed E-state index contributed by atoms with van der Waals surface area (Å²) in [6.07, 6.45) is 4.29. The van der Waals surface area contributed by atoms with Crippen LogP contribution >= 0.6 is 0 Å². The smallest absolute Gasteiger partial charge is 0.224 e. The molecule has 0 aliphatic rings. The van der Waals surface area contributed by atoms with E-state index in [1.54, 1.807) is 13.0 Å². The highest BCUT2D eigenvalue weighted by Crippen LogP contribution is 2.19. The molecule has 152 valence electrons. The van der Waals surface area contributed by atoms with Crippen molar-refractivity contribution in [1.29, 1.82) is 0 Å². The van der Waals surface area contributed by atoms with Gasteiger partial charge in [-0.2, -0.15) is 0 Å². The van der Waals surface area contributed by atoms with Crippen molar-refractivity contribution in [2.45, 2.75) is 38.3 Å². The van der Waals surface area contributed by atoms with Crippen LogP contribution in [-0.2, 0) is 16.0 Å². The summed E-state index contributed by atoms with van der Waals surface area (Å²) in [5, 5.41) is 25.3. The fourth-order valence-corrected chi connectivity index (χ4v) is 3.13. The number of amides is 2. The molecular weight excluding hydrogens is 358 g/mol. The first-order valence-corrected chi connectivity index (χ1v) is 9.45. The summed E-state index contributed by atoms with van der Waals surface area (Å²) < 4.78 is 0. The summed E-state index contributed by atoms with van der Waals surface area (Å²) in [5.41, 5.74) is 2.00. The first kappa shape index (κ1) is 21.7. The van der Waals surface area contributed by atoms with Gasteiger partial charge in [0.25, 0.3) is 0 Å². The number of aromatic amines is 1. The van der Waals surface area contributed by atoms with E-state index in [4.69, 9.17) is 5.11 Å². The van der Waals surface area contributed by atoms with Crippen molar-refractivity contribution < 1.29 is 19.8 Å². The maximum atomic E-state index is 12.7. The van der Waals surface area contributed by atoms with Crippen molar-refractivity contribution >= 4 is 22.7 Å². The number of rotatable bonds is 11. The fraction of sp³-hybridized carbons (Fsp3) is 0.429. The molecule has 2 rings (SSSR count). The number of aliphatic hydroxyl groups excluding tert-OH is 2. The van der Waals surface area contributed by atoms with Gasteiger partial charge < -0.3 is 25.8 Å². The monoisotopic (exact) mass is 387 g/mol. The Morgan fingerprint density at radius 1 is 1.21 bits per heavy atom. The minimum atomic E-state index is -0.583. The molecule has 3 atom stereocenters. The Hall–Kier alpha value is -2.64. The molecule has 0 saturated heterocycles. The summed E-state index contributed by atoms with van der Waals surface area (Å²) in [6, 6.07) is 7.02. The van der Waals surface area contributed by atoms with Crippen molar-refractivity contribution in [1.82, 2.24) is 15.6 Å². The normalized spacial score (nSPS) is 14.2. The molecule has 28 heavy (non-hydrogen) atoms. The lowest BCUT2D eigenvalue weighted by molar-refractivity contribution is -0.131. The number of hydrogen-bond donors (Lipinski definition) is 5. The van der Waals surface area contributed by atoms with Gasteiger partial charge in [-0.25, -0.2) is 0 Å². The third-order valence-corrected chi connectivity index (χ3v) is 4.64. The van der Waals surface area contributed by atoms with Crippen LogP contribution in [0.3, 0.4) is 0 Å². The van der Waals surface area contributed by atoms with Crippen LogP contribution in [0, 0.1) is 5.92 Å². The third-order valence-electron chi connectivity index (χ3n) is 4.64. The molecule has 0 spiro atoms. The van der Waals surface area contributed by atoms with Gasteiger partial charge in [0, 0.05) is 29.6 Å². The van der Waals surface area contributed by atoms with Crippen LogP contribution in [0.4, 0.5) is 0 Å². The first-order chi connectivity index (χ1) is 13.5. The standard InChI is InChI=1S/C21H29N3O4/c1-3-6-15(10-20(27)23-14(2)12-25)21(28)24-17(13-26)9-16-11-22-19-8-5-4-7-18(16)19/h3-5,7-8,11,14-15,17,22,25-26H,1,6,9-10,12-13H2,2H3,(H,23,27)(H,24,28)/t14-,15+,17-/m0/s1. The Bertz CT molecular complexity index is 802. The second-order valence-electron chi connectivity index (χ2n) is 7.03. The largest absolute Gasteiger partial charge is 0.394 e. The first-order valence-electron chi connectivity index (χ1n) is 9.45. The highest BCUT2D eigenvalue weighted by atomic mass is 16.3. The van der Waals surface area contributed by atoms with E-state index in [9.17, 15) is 14.7 Å². The number of fused-ring (bicyclic) bond motifs is 1. The van der Waals surface area contributed by atoms with E-state index in [-0.39, 0.29) is 37.5 Å². The van der Waals surface area contributed by atoms with E-state index in [1.165, 1.54) is 0 Å². The second-order valence-corrected chi connectivity index (χ2v) is 7.03. The number of para-hydroxylation sites is 1. The Morgan fingerprint density at radius 3 is 2.64 bits per heavy atom. The third kappa shape index (κ3) is 5.94. The average molecular weight is 387 g/mol. The van der Waals surface area contributed by atoms with Crippen LogP contribution in [0.15, 0.2) is 43.1 Å². The molecular formula is C21H29N3O4. The SMILES string of the molecule is C=CC[C@H](CC(=O)N[C@@H](C)CO)C(=O)N[C@H](CO)Cc1c[nH]c2ccccc12. The van der Waals surface area contributed by atoms with Crippen LogP contribution in [0.25, 0.3) is 10.9 Å². The van der Waals surface area contributed by atoms with Gasteiger partial charge in [0.1, 0.15) is 0 Å². The van der Waals surface area contributed by atoms with Crippen molar-refractivity contribution in [3.63, 3.8) is 0 Å². The van der Waals surface area contributed by atoms with Gasteiger partial charge in [0.05, 0.1) is 25.2 Å². The molecule has 0 saturated carbocycles. The van der Waals surface area contributed by atoms with E-state index < -0.39 is 12.0 Å². The van der Waals surface area contributed by atoms with E-state index in [1.807, 2.05) is 30.5 Å². The Labute approximate surface area is 164 Å². The zero-order valence-corrected chi connectivity index (χ0v) is 16.1. The van der Waals surface area contributed by atoms with Crippen LogP contribution in [-0.4, -0.2) is 52.3 Å². The molecule has 0 unspecified atom stereocenters. The van der Waals surface area contributed by atoms with Crippen molar-refractivity contribution in [2.75, 3.05) is 13.2 Å². The number of benzene rings is 1. The topological polar surface area (TPSA) is 114 Å². The highest BCUT2D eigenvalue weighted by Gasteiger charge is 2.24. The summed E-state index contributed by atoms with van der Waals surface area (Å²) >= 11 is 0. The van der Waals surface area contributed by atoms with Crippen LogP contribution in [0.2, 0.25) is 0 Å². The number of aromatic nitrogens is 1. The van der Waals surface area contributed by atoms with Gasteiger partial charge in [-0.15, -0.1) is 6.58 Å². The van der Waals surface area contributed by atoms with Crippen molar-refractivity contribution in [3.05, 3.63) is 48.7 Å². The lowest BCUT2D eigenvalue weighted by atomic mass is 9.98. The number of hydrogen-bond acceptors (Lipinski definition) is 4. The van der Waals surface area contributed by atoms with Gasteiger partial charge in [0.2, 0.25) is 11.8 Å². The lowest BCUT2D eigenvalue weighted by Crippen LogP contribution is -2.44. The van der Waals surface area contributed by atoms with E-state index in [0.29, 0.717) is 12.8 Å². The maximum absolute atomic E-state index is 12.7.